The second kappa shape index (κ2) is 7.19. The summed E-state index contributed by atoms with van der Waals surface area (Å²) in [6.45, 7) is 1.68. The van der Waals surface area contributed by atoms with Crippen molar-refractivity contribution in [3.8, 4) is 0 Å². The molecule has 4 N–H and O–H groups in total. The number of benzene rings is 1. The van der Waals surface area contributed by atoms with Crippen LogP contribution >= 0.6 is 0 Å². The van der Waals surface area contributed by atoms with E-state index >= 15 is 0 Å². The Kier molecular flexibility index (Phi) is 5.86. The number of carboxylic acid groups (broad SMARTS) is 1. The second-order valence-electron chi connectivity index (χ2n) is 4.96. The third kappa shape index (κ3) is 7.42. The Hall–Kier alpha value is -1.93. The highest BCUT2D eigenvalue weighted by Crippen LogP contribution is 2.13. The molecule has 7 nitrogen and oxygen atoms in total. The van der Waals surface area contributed by atoms with Crippen LogP contribution in [0.25, 0.3) is 0 Å². The largest absolute Gasteiger partial charge is 0.481 e. The summed E-state index contributed by atoms with van der Waals surface area (Å²) in [4.78, 5) is 22.2. The maximum absolute atomic E-state index is 11.7. The number of aliphatic carboxylic acids is 1. The minimum absolute atomic E-state index is 0.0687. The van der Waals surface area contributed by atoms with E-state index in [-0.39, 0.29) is 30.4 Å². The fourth-order valence-electron chi connectivity index (χ4n) is 1.82. The highest BCUT2D eigenvalue weighted by Gasteiger charge is 2.13. The van der Waals surface area contributed by atoms with Gasteiger partial charge in [0.1, 0.15) is 0 Å². The van der Waals surface area contributed by atoms with Crippen LogP contribution in [0.4, 0.5) is 5.69 Å². The number of anilines is 1. The molecule has 0 aromatic heterocycles. The number of sulfonamides is 1. The van der Waals surface area contributed by atoms with Crippen LogP contribution < -0.4 is 10.5 Å². The van der Waals surface area contributed by atoms with Crippen molar-refractivity contribution in [2.45, 2.75) is 25.5 Å². The molecule has 0 saturated heterocycles. The molecule has 1 rings (SSSR count). The number of carbonyl (C=O) groups excluding carboxylic acids is 1. The monoisotopic (exact) mass is 314 g/mol. The lowest BCUT2D eigenvalue weighted by Crippen LogP contribution is -2.17. The van der Waals surface area contributed by atoms with Crippen molar-refractivity contribution >= 4 is 27.6 Å². The third-order valence-corrected chi connectivity index (χ3v) is 3.40. The first kappa shape index (κ1) is 17.1. The molecule has 8 heteroatoms. The molecule has 1 aromatic carbocycles. The molecule has 0 aliphatic rings. The maximum Gasteiger partial charge on any atom is 0.303 e. The standard InChI is InChI=1S/C13H18N2O5S/c1-9(7-13(17)18)6-12(16)15-11-4-2-10(3-5-11)8-21(14,19)20/h2-5,9H,6-8H2,1H3,(H,15,16)(H,17,18)(H2,14,19,20). The first-order chi connectivity index (χ1) is 9.65. The predicted octanol–water partition coefficient (Wildman–Crippen LogP) is 0.915. The van der Waals surface area contributed by atoms with Crippen molar-refractivity contribution in [1.29, 1.82) is 0 Å². The number of carboxylic acids is 1. The van der Waals surface area contributed by atoms with E-state index in [2.05, 4.69) is 5.32 Å². The topological polar surface area (TPSA) is 127 Å². The number of carbonyl (C=O) groups is 2. The molecule has 0 saturated carbocycles. The SMILES string of the molecule is CC(CC(=O)O)CC(=O)Nc1ccc(CS(N)(=O)=O)cc1. The van der Waals surface area contributed by atoms with Crippen LogP contribution in [0.5, 0.6) is 0 Å². The number of nitrogens with two attached hydrogens (primary N) is 1. The van der Waals surface area contributed by atoms with E-state index < -0.39 is 16.0 Å². The van der Waals surface area contributed by atoms with E-state index in [0.717, 1.165) is 0 Å². The minimum Gasteiger partial charge on any atom is -0.481 e. The van der Waals surface area contributed by atoms with E-state index in [0.29, 0.717) is 11.3 Å². The van der Waals surface area contributed by atoms with Crippen molar-refractivity contribution in [1.82, 2.24) is 0 Å². The van der Waals surface area contributed by atoms with Gasteiger partial charge in [0.2, 0.25) is 15.9 Å². The molecule has 1 unspecified atom stereocenters. The normalized spacial score (nSPS) is 12.7. The lowest BCUT2D eigenvalue weighted by molar-refractivity contribution is -0.138. The Morgan fingerprint density at radius 2 is 1.81 bits per heavy atom. The number of hydrogen-bond acceptors (Lipinski definition) is 4. The molecule has 0 fully saturated rings. The lowest BCUT2D eigenvalue weighted by Gasteiger charge is -2.10. The summed E-state index contributed by atoms with van der Waals surface area (Å²) >= 11 is 0. The van der Waals surface area contributed by atoms with Gasteiger partial charge in [-0.05, 0) is 23.6 Å². The van der Waals surface area contributed by atoms with Gasteiger partial charge in [-0.3, -0.25) is 9.59 Å². The summed E-state index contributed by atoms with van der Waals surface area (Å²) in [5.74, 6) is -1.76. The zero-order chi connectivity index (χ0) is 16.0. The Morgan fingerprint density at radius 3 is 2.29 bits per heavy atom. The Morgan fingerprint density at radius 1 is 1.24 bits per heavy atom. The quantitative estimate of drug-likeness (QED) is 0.689. The zero-order valence-corrected chi connectivity index (χ0v) is 12.4. The first-order valence-corrected chi connectivity index (χ1v) is 7.98. The molecule has 0 aliphatic carbocycles. The molecule has 1 atom stereocenters. The van der Waals surface area contributed by atoms with Gasteiger partial charge in [0.25, 0.3) is 0 Å². The van der Waals surface area contributed by atoms with E-state index in [1.807, 2.05) is 0 Å². The predicted molar refractivity (Wildman–Crippen MR) is 77.9 cm³/mol. The van der Waals surface area contributed by atoms with Gasteiger partial charge in [0, 0.05) is 18.5 Å². The van der Waals surface area contributed by atoms with Crippen molar-refractivity contribution in [3.63, 3.8) is 0 Å². The molecule has 116 valence electrons. The van der Waals surface area contributed by atoms with Gasteiger partial charge in [-0.1, -0.05) is 19.1 Å². The summed E-state index contributed by atoms with van der Waals surface area (Å²) in [7, 11) is -3.58. The van der Waals surface area contributed by atoms with Gasteiger partial charge in [-0.25, -0.2) is 13.6 Å². The van der Waals surface area contributed by atoms with Crippen LogP contribution in [0.2, 0.25) is 0 Å². The maximum atomic E-state index is 11.7. The van der Waals surface area contributed by atoms with Gasteiger partial charge in [-0.15, -0.1) is 0 Å². The van der Waals surface area contributed by atoms with Gasteiger partial charge in [-0.2, -0.15) is 0 Å². The molecule has 21 heavy (non-hydrogen) atoms. The molecule has 1 amide bonds. The summed E-state index contributed by atoms with van der Waals surface area (Å²) in [5.41, 5.74) is 1.04. The van der Waals surface area contributed by atoms with E-state index in [1.54, 1.807) is 31.2 Å². The van der Waals surface area contributed by atoms with Gasteiger partial charge < -0.3 is 10.4 Å². The molecular weight excluding hydrogens is 296 g/mol. The van der Waals surface area contributed by atoms with Crippen molar-refractivity contribution < 1.29 is 23.1 Å². The average Bonchev–Trinajstić information content (AvgIpc) is 2.28. The Balaban J connectivity index is 2.55. The highest BCUT2D eigenvalue weighted by molar-refractivity contribution is 7.88. The van der Waals surface area contributed by atoms with E-state index in [4.69, 9.17) is 10.2 Å². The van der Waals surface area contributed by atoms with Crippen LogP contribution in [-0.4, -0.2) is 25.4 Å². The smallest absolute Gasteiger partial charge is 0.303 e. The minimum atomic E-state index is -3.58. The van der Waals surface area contributed by atoms with Crippen LogP contribution in [0, 0.1) is 5.92 Å². The summed E-state index contributed by atoms with van der Waals surface area (Å²) in [6, 6.07) is 6.25. The number of nitrogens with one attached hydrogen (secondary N) is 1. The number of hydrogen-bond donors (Lipinski definition) is 3. The molecule has 1 aromatic rings. The van der Waals surface area contributed by atoms with Crippen LogP contribution in [0.1, 0.15) is 25.3 Å². The number of rotatable bonds is 7. The van der Waals surface area contributed by atoms with Crippen molar-refractivity contribution in [2.75, 3.05) is 5.32 Å². The summed E-state index contributed by atoms with van der Waals surface area (Å²) in [5, 5.41) is 16.2. The van der Waals surface area contributed by atoms with Gasteiger partial charge >= 0.3 is 5.97 Å². The van der Waals surface area contributed by atoms with Crippen LogP contribution in [-0.2, 0) is 25.4 Å². The van der Waals surface area contributed by atoms with Crippen LogP contribution in [0.15, 0.2) is 24.3 Å². The van der Waals surface area contributed by atoms with Crippen molar-refractivity contribution in [3.05, 3.63) is 29.8 Å². The fourth-order valence-corrected chi connectivity index (χ4v) is 2.47. The first-order valence-electron chi connectivity index (χ1n) is 6.27. The average molecular weight is 314 g/mol. The number of primary sulfonamides is 1. The summed E-state index contributed by atoms with van der Waals surface area (Å²) < 4.78 is 21.9. The van der Waals surface area contributed by atoms with Gasteiger partial charge in [0.05, 0.1) is 5.75 Å². The fraction of sp³-hybridized carbons (Fsp3) is 0.385. The molecular formula is C13H18N2O5S. The van der Waals surface area contributed by atoms with Crippen molar-refractivity contribution in [2.24, 2.45) is 11.1 Å². The number of amides is 1. The third-order valence-electron chi connectivity index (χ3n) is 2.66. The second-order valence-corrected chi connectivity index (χ2v) is 6.57. The highest BCUT2D eigenvalue weighted by atomic mass is 32.2. The van der Waals surface area contributed by atoms with Gasteiger partial charge in [0.15, 0.2) is 0 Å². The molecule has 0 heterocycles. The summed E-state index contributed by atoms with van der Waals surface area (Å²) in [6.07, 6.45) is 0.0337. The molecule has 0 aliphatic heterocycles. The van der Waals surface area contributed by atoms with Crippen LogP contribution in [0.3, 0.4) is 0 Å². The zero-order valence-electron chi connectivity index (χ0n) is 11.6. The molecule has 0 bridgehead atoms. The molecule has 0 spiro atoms. The Labute approximate surface area is 123 Å². The Bertz CT molecular complexity index is 610. The van der Waals surface area contributed by atoms with E-state index in [9.17, 15) is 18.0 Å². The lowest BCUT2D eigenvalue weighted by atomic mass is 10.0. The van der Waals surface area contributed by atoms with E-state index in [1.165, 1.54) is 0 Å². The molecule has 0 radical (unpaired) electrons.